The minimum Gasteiger partial charge on any atom is -0.394 e. The Morgan fingerprint density at radius 2 is 2.20 bits per heavy atom. The lowest BCUT2D eigenvalue weighted by Crippen LogP contribution is -2.33. The van der Waals surface area contributed by atoms with Crippen LogP contribution in [0.2, 0.25) is 0 Å². The van der Waals surface area contributed by atoms with E-state index >= 15 is 0 Å². The van der Waals surface area contributed by atoms with Crippen LogP contribution in [0.4, 0.5) is 5.95 Å². The van der Waals surface area contributed by atoms with Gasteiger partial charge < -0.3 is 30.4 Å². The molecule has 1 aliphatic rings. The number of rotatable bonds is 2. The first-order chi connectivity index (χ1) is 9.52. The van der Waals surface area contributed by atoms with E-state index in [-0.39, 0.29) is 17.0 Å². The molecule has 1 fully saturated rings. The number of nitrogens with one attached hydrogen (secondary N) is 1. The monoisotopic (exact) mass is 282 g/mol. The van der Waals surface area contributed by atoms with E-state index in [1.54, 1.807) is 0 Å². The maximum atomic E-state index is 11.7. The predicted molar refractivity (Wildman–Crippen MR) is 67.8 cm³/mol. The van der Waals surface area contributed by atoms with E-state index in [1.807, 2.05) is 0 Å². The molecule has 0 bridgehead atoms. The van der Waals surface area contributed by atoms with Crippen LogP contribution in [0.15, 0.2) is 17.1 Å². The van der Waals surface area contributed by atoms with Crippen molar-refractivity contribution in [3.05, 3.63) is 22.6 Å². The number of aromatic amines is 1. The van der Waals surface area contributed by atoms with Crippen molar-refractivity contribution < 1.29 is 20.1 Å². The number of anilines is 1. The summed E-state index contributed by atoms with van der Waals surface area (Å²) in [6.07, 6.45) is -2.81. The second kappa shape index (κ2) is 4.56. The van der Waals surface area contributed by atoms with E-state index in [2.05, 4.69) is 9.97 Å². The molecule has 3 heterocycles. The Morgan fingerprint density at radius 3 is 2.85 bits per heavy atom. The van der Waals surface area contributed by atoms with Gasteiger partial charge in [-0.2, -0.15) is 4.98 Å². The van der Waals surface area contributed by atoms with Gasteiger partial charge in [0.2, 0.25) is 5.95 Å². The van der Waals surface area contributed by atoms with Crippen LogP contribution >= 0.6 is 0 Å². The highest BCUT2D eigenvalue weighted by Crippen LogP contribution is 2.31. The van der Waals surface area contributed by atoms with Crippen molar-refractivity contribution in [2.45, 2.75) is 24.5 Å². The number of H-pyrrole nitrogens is 1. The first kappa shape index (κ1) is 13.1. The Labute approximate surface area is 112 Å². The molecule has 9 heteroatoms. The maximum absolute atomic E-state index is 11.7. The number of ether oxygens (including phenoxy) is 1. The van der Waals surface area contributed by atoms with Gasteiger partial charge >= 0.3 is 0 Å². The lowest BCUT2D eigenvalue weighted by atomic mass is 10.1. The van der Waals surface area contributed by atoms with E-state index in [1.165, 1.54) is 16.8 Å². The minimum absolute atomic E-state index is 0.0609. The molecule has 3 rings (SSSR count). The molecule has 9 nitrogen and oxygen atoms in total. The minimum atomic E-state index is -1.25. The van der Waals surface area contributed by atoms with Gasteiger partial charge in [0.15, 0.2) is 11.9 Å². The summed E-state index contributed by atoms with van der Waals surface area (Å²) < 4.78 is 6.79. The molecule has 0 aliphatic carbocycles. The number of nitrogens with zero attached hydrogens (tertiary/aromatic N) is 2. The standard InChI is InChI=1S/C11H14N4O5/c12-11-13-8-4(9(19)14-11)1-2-15(8)10-7(18)6(17)5(3-16)20-10/h1-2,5-7,10,16-18H,3H2,(H3,12,13,14,19)/t5-,6-,7?,10-/m1/s1. The second-order valence-corrected chi connectivity index (χ2v) is 4.64. The van der Waals surface area contributed by atoms with Crippen LogP contribution in [-0.4, -0.2) is 54.8 Å². The predicted octanol–water partition coefficient (Wildman–Crippen LogP) is -2.08. The third-order valence-corrected chi connectivity index (χ3v) is 3.39. The molecule has 2 aromatic heterocycles. The van der Waals surface area contributed by atoms with Gasteiger partial charge in [-0.25, -0.2) is 0 Å². The quantitative estimate of drug-likeness (QED) is 0.424. The first-order valence-electron chi connectivity index (χ1n) is 6.01. The summed E-state index contributed by atoms with van der Waals surface area (Å²) in [5.74, 6) is -0.0609. The summed E-state index contributed by atoms with van der Waals surface area (Å²) in [6, 6.07) is 1.51. The molecule has 4 atom stereocenters. The Balaban J connectivity index is 2.09. The molecule has 0 saturated carbocycles. The summed E-state index contributed by atoms with van der Waals surface area (Å²) in [6.45, 7) is -0.427. The Bertz CT molecular complexity index is 696. The summed E-state index contributed by atoms with van der Waals surface area (Å²) in [4.78, 5) is 18.1. The second-order valence-electron chi connectivity index (χ2n) is 4.64. The van der Waals surface area contributed by atoms with Gasteiger partial charge in [-0.15, -0.1) is 0 Å². The molecule has 1 saturated heterocycles. The topological polar surface area (TPSA) is 147 Å². The van der Waals surface area contributed by atoms with Crippen LogP contribution in [0.5, 0.6) is 0 Å². The molecule has 0 aromatic carbocycles. The van der Waals surface area contributed by atoms with Crippen LogP contribution < -0.4 is 11.3 Å². The van der Waals surface area contributed by atoms with Crippen LogP contribution in [0.3, 0.4) is 0 Å². The van der Waals surface area contributed by atoms with Crippen molar-refractivity contribution in [2.75, 3.05) is 12.3 Å². The molecule has 1 aliphatic heterocycles. The van der Waals surface area contributed by atoms with Crippen LogP contribution in [0.1, 0.15) is 6.23 Å². The smallest absolute Gasteiger partial charge is 0.261 e. The fourth-order valence-electron chi connectivity index (χ4n) is 2.38. The van der Waals surface area contributed by atoms with E-state index < -0.39 is 36.7 Å². The number of nitrogens with two attached hydrogens (primary N) is 1. The molecular formula is C11H14N4O5. The van der Waals surface area contributed by atoms with Crippen molar-refractivity contribution in [3.8, 4) is 0 Å². The Hall–Kier alpha value is -1.94. The zero-order valence-corrected chi connectivity index (χ0v) is 10.3. The zero-order valence-electron chi connectivity index (χ0n) is 10.3. The average Bonchev–Trinajstić information content (AvgIpc) is 2.93. The zero-order chi connectivity index (χ0) is 14.4. The fourth-order valence-corrected chi connectivity index (χ4v) is 2.38. The number of aliphatic hydroxyl groups is 3. The van der Waals surface area contributed by atoms with Gasteiger partial charge in [-0.05, 0) is 6.07 Å². The lowest BCUT2D eigenvalue weighted by Gasteiger charge is -2.17. The van der Waals surface area contributed by atoms with Crippen LogP contribution in [0, 0.1) is 0 Å². The Kier molecular flexibility index (Phi) is 2.98. The van der Waals surface area contributed by atoms with Crippen molar-refractivity contribution in [1.82, 2.24) is 14.5 Å². The molecule has 6 N–H and O–H groups in total. The van der Waals surface area contributed by atoms with Crippen molar-refractivity contribution in [2.24, 2.45) is 0 Å². The van der Waals surface area contributed by atoms with Gasteiger partial charge in [0.1, 0.15) is 18.3 Å². The maximum Gasteiger partial charge on any atom is 0.261 e. The Morgan fingerprint density at radius 1 is 1.45 bits per heavy atom. The number of hydrogen-bond donors (Lipinski definition) is 5. The fraction of sp³-hybridized carbons (Fsp3) is 0.455. The molecular weight excluding hydrogens is 268 g/mol. The number of nitrogen functional groups attached to an aromatic ring is 1. The molecule has 1 unspecified atom stereocenters. The summed E-state index contributed by atoms with van der Waals surface area (Å²) in [5.41, 5.74) is 5.33. The highest BCUT2D eigenvalue weighted by atomic mass is 16.6. The van der Waals surface area contributed by atoms with Gasteiger partial charge in [0.25, 0.3) is 5.56 Å². The van der Waals surface area contributed by atoms with Gasteiger partial charge in [0.05, 0.1) is 12.0 Å². The number of fused-ring (bicyclic) bond motifs is 1. The molecule has 0 radical (unpaired) electrons. The lowest BCUT2D eigenvalue weighted by molar-refractivity contribution is -0.0508. The number of hydrogen-bond acceptors (Lipinski definition) is 7. The third kappa shape index (κ3) is 1.79. The van der Waals surface area contributed by atoms with E-state index in [0.29, 0.717) is 0 Å². The summed E-state index contributed by atoms with van der Waals surface area (Å²) in [5, 5.41) is 29.1. The van der Waals surface area contributed by atoms with Gasteiger partial charge in [-0.3, -0.25) is 9.78 Å². The van der Waals surface area contributed by atoms with Crippen LogP contribution in [0.25, 0.3) is 11.0 Å². The third-order valence-electron chi connectivity index (χ3n) is 3.39. The van der Waals surface area contributed by atoms with E-state index in [4.69, 9.17) is 15.6 Å². The highest BCUT2D eigenvalue weighted by Gasteiger charge is 2.43. The van der Waals surface area contributed by atoms with Gasteiger partial charge in [-0.1, -0.05) is 0 Å². The molecule has 2 aromatic rings. The molecule has 20 heavy (non-hydrogen) atoms. The average molecular weight is 282 g/mol. The van der Waals surface area contributed by atoms with Crippen molar-refractivity contribution in [3.63, 3.8) is 0 Å². The summed E-state index contributed by atoms with van der Waals surface area (Å²) >= 11 is 0. The summed E-state index contributed by atoms with van der Waals surface area (Å²) in [7, 11) is 0. The van der Waals surface area contributed by atoms with Crippen molar-refractivity contribution >= 4 is 17.0 Å². The first-order valence-corrected chi connectivity index (χ1v) is 6.01. The highest BCUT2D eigenvalue weighted by molar-refractivity contribution is 5.76. The van der Waals surface area contributed by atoms with E-state index in [9.17, 15) is 15.0 Å². The number of aromatic nitrogens is 3. The van der Waals surface area contributed by atoms with Gasteiger partial charge in [0, 0.05) is 6.20 Å². The molecule has 108 valence electrons. The SMILES string of the molecule is Nc1nc2c(ccn2[C@@H]2O[C@H](CO)[C@@H](O)C2O)c(=O)[nH]1. The molecule has 0 amide bonds. The van der Waals surface area contributed by atoms with Crippen molar-refractivity contribution in [1.29, 1.82) is 0 Å². The molecule has 0 spiro atoms. The normalized spacial score (nSPS) is 30.1. The van der Waals surface area contributed by atoms with Crippen LogP contribution in [-0.2, 0) is 4.74 Å². The largest absolute Gasteiger partial charge is 0.394 e. The number of aliphatic hydroxyl groups excluding tert-OH is 3. The van der Waals surface area contributed by atoms with E-state index in [0.717, 1.165) is 0 Å².